The third-order valence-corrected chi connectivity index (χ3v) is 3.69. The van der Waals surface area contributed by atoms with Gasteiger partial charge >= 0.3 is 0 Å². The van der Waals surface area contributed by atoms with E-state index in [1.807, 2.05) is 0 Å². The van der Waals surface area contributed by atoms with Gasteiger partial charge in [0.25, 0.3) is 0 Å². The number of hydrogen-bond donors (Lipinski definition) is 0. The van der Waals surface area contributed by atoms with E-state index < -0.39 is 0 Å². The summed E-state index contributed by atoms with van der Waals surface area (Å²) in [5.41, 5.74) is 0. The number of hydrogen-bond acceptors (Lipinski definition) is 0. The number of unbranched alkanes of at least 4 members (excludes halogenated alkanes) is 2. The van der Waals surface area contributed by atoms with E-state index in [1.54, 1.807) is 0 Å². The lowest BCUT2D eigenvalue weighted by molar-refractivity contribution is 0.355. The van der Waals surface area contributed by atoms with E-state index in [0.717, 1.165) is 5.92 Å². The second-order valence-electron chi connectivity index (χ2n) is 4.85. The first-order valence-electron chi connectivity index (χ1n) is 6.62. The molecule has 2 aliphatic rings. The Labute approximate surface area is 99.4 Å². The van der Waals surface area contributed by atoms with Crippen LogP contribution in [0.5, 0.6) is 0 Å². The van der Waals surface area contributed by atoms with Gasteiger partial charge in [0.05, 0.1) is 0 Å². The molecule has 0 unspecified atom stereocenters. The Balaban J connectivity index is 1.95. The highest BCUT2D eigenvalue weighted by Crippen LogP contribution is 2.34. The number of allylic oxidation sites excluding steroid dienone is 8. The van der Waals surface area contributed by atoms with Crippen LogP contribution in [0.2, 0.25) is 0 Å². The lowest BCUT2D eigenvalue weighted by Gasteiger charge is -2.25. The maximum absolute atomic E-state index is 2.36. The van der Waals surface area contributed by atoms with Crippen molar-refractivity contribution in [2.75, 3.05) is 0 Å². The fraction of sp³-hybridized carbons (Fsp3) is 0.500. The topological polar surface area (TPSA) is 0 Å². The molecule has 0 nitrogen and oxygen atoms in total. The fourth-order valence-electron chi connectivity index (χ4n) is 2.74. The third-order valence-electron chi connectivity index (χ3n) is 3.69. The Kier molecular flexibility index (Phi) is 4.21. The van der Waals surface area contributed by atoms with Gasteiger partial charge in [-0.1, -0.05) is 74.8 Å². The standard InChI is InChI=1S/C16H22/c1-2-3-4-13-16(14-9-5-6-10-14)15-11-7-8-12-15/h5-12,14-16H,2-4,13H2,1H3. The maximum Gasteiger partial charge on any atom is -0.00103 e. The van der Waals surface area contributed by atoms with Gasteiger partial charge in [-0.25, -0.2) is 0 Å². The van der Waals surface area contributed by atoms with Crippen LogP contribution < -0.4 is 0 Å². The van der Waals surface area contributed by atoms with E-state index in [0.29, 0.717) is 11.8 Å². The van der Waals surface area contributed by atoms with Crippen molar-refractivity contribution in [3.05, 3.63) is 48.6 Å². The molecule has 0 radical (unpaired) electrons. The highest BCUT2D eigenvalue weighted by molar-refractivity contribution is 5.24. The molecule has 2 rings (SSSR count). The Morgan fingerprint density at radius 3 is 1.75 bits per heavy atom. The van der Waals surface area contributed by atoms with E-state index in [2.05, 4.69) is 55.5 Å². The zero-order chi connectivity index (χ0) is 11.2. The monoisotopic (exact) mass is 214 g/mol. The van der Waals surface area contributed by atoms with Crippen LogP contribution in [0, 0.1) is 17.8 Å². The van der Waals surface area contributed by atoms with Crippen LogP contribution >= 0.6 is 0 Å². The Morgan fingerprint density at radius 2 is 1.31 bits per heavy atom. The predicted molar refractivity (Wildman–Crippen MR) is 71.2 cm³/mol. The molecule has 0 aromatic heterocycles. The Hall–Kier alpha value is -1.04. The predicted octanol–water partition coefficient (Wildman–Crippen LogP) is 4.67. The Bertz CT molecular complexity index is 265. The van der Waals surface area contributed by atoms with Crippen LogP contribution in [0.15, 0.2) is 48.6 Å². The highest BCUT2D eigenvalue weighted by Gasteiger charge is 2.24. The van der Waals surface area contributed by atoms with Gasteiger partial charge in [-0.05, 0) is 24.2 Å². The van der Waals surface area contributed by atoms with Crippen molar-refractivity contribution in [1.82, 2.24) is 0 Å². The van der Waals surface area contributed by atoms with Crippen molar-refractivity contribution in [3.8, 4) is 0 Å². The van der Waals surface area contributed by atoms with E-state index in [4.69, 9.17) is 0 Å². The molecule has 0 aromatic carbocycles. The lowest BCUT2D eigenvalue weighted by Crippen LogP contribution is -2.17. The molecule has 0 aromatic rings. The van der Waals surface area contributed by atoms with Crippen LogP contribution in [0.1, 0.15) is 32.6 Å². The molecule has 0 fully saturated rings. The van der Waals surface area contributed by atoms with E-state index >= 15 is 0 Å². The summed E-state index contributed by atoms with van der Waals surface area (Å²) < 4.78 is 0. The average Bonchev–Trinajstić information content (AvgIpc) is 2.97. The molecule has 16 heavy (non-hydrogen) atoms. The lowest BCUT2D eigenvalue weighted by atomic mass is 9.79. The first-order chi connectivity index (χ1) is 7.92. The molecule has 0 spiro atoms. The van der Waals surface area contributed by atoms with Gasteiger partial charge < -0.3 is 0 Å². The van der Waals surface area contributed by atoms with Crippen LogP contribution in [-0.2, 0) is 0 Å². The summed E-state index contributed by atoms with van der Waals surface area (Å²) in [7, 11) is 0. The van der Waals surface area contributed by atoms with E-state index in [9.17, 15) is 0 Å². The molecule has 0 heteroatoms. The minimum atomic E-state index is 0.661. The van der Waals surface area contributed by atoms with Gasteiger partial charge in [0.15, 0.2) is 0 Å². The third kappa shape index (κ3) is 2.75. The van der Waals surface area contributed by atoms with Crippen LogP contribution in [0.3, 0.4) is 0 Å². The largest absolute Gasteiger partial charge is 0.0773 e. The Morgan fingerprint density at radius 1 is 0.812 bits per heavy atom. The molecule has 0 N–H and O–H groups in total. The first kappa shape index (κ1) is 11.4. The molecular weight excluding hydrogens is 192 g/mol. The minimum absolute atomic E-state index is 0.661. The molecule has 0 atom stereocenters. The van der Waals surface area contributed by atoms with Gasteiger partial charge in [-0.15, -0.1) is 0 Å². The molecule has 0 bridgehead atoms. The van der Waals surface area contributed by atoms with Gasteiger partial charge in [0, 0.05) is 0 Å². The normalized spacial score (nSPS) is 19.6. The SMILES string of the molecule is CCCCCC(C1C=CC=C1)C1C=CC=C1. The highest BCUT2D eigenvalue weighted by atomic mass is 14.3. The van der Waals surface area contributed by atoms with Gasteiger partial charge in [0.2, 0.25) is 0 Å². The molecule has 0 heterocycles. The maximum atomic E-state index is 2.36. The van der Waals surface area contributed by atoms with E-state index in [1.165, 1.54) is 25.7 Å². The summed E-state index contributed by atoms with van der Waals surface area (Å²) in [5.74, 6) is 2.10. The average molecular weight is 214 g/mol. The summed E-state index contributed by atoms with van der Waals surface area (Å²) in [6.45, 7) is 2.28. The smallest absolute Gasteiger partial charge is 0.00103 e. The van der Waals surface area contributed by atoms with Crippen molar-refractivity contribution in [2.24, 2.45) is 17.8 Å². The zero-order valence-corrected chi connectivity index (χ0v) is 10.2. The van der Waals surface area contributed by atoms with E-state index in [-0.39, 0.29) is 0 Å². The number of rotatable bonds is 6. The summed E-state index contributed by atoms with van der Waals surface area (Å²) in [6.07, 6.45) is 23.6. The molecule has 0 saturated heterocycles. The second-order valence-corrected chi connectivity index (χ2v) is 4.85. The van der Waals surface area contributed by atoms with Crippen molar-refractivity contribution >= 4 is 0 Å². The van der Waals surface area contributed by atoms with Crippen LogP contribution in [0.25, 0.3) is 0 Å². The first-order valence-corrected chi connectivity index (χ1v) is 6.62. The second kappa shape index (κ2) is 5.89. The van der Waals surface area contributed by atoms with Gasteiger partial charge in [0.1, 0.15) is 0 Å². The summed E-state index contributed by atoms with van der Waals surface area (Å²) >= 11 is 0. The molecule has 2 aliphatic carbocycles. The van der Waals surface area contributed by atoms with Crippen molar-refractivity contribution in [1.29, 1.82) is 0 Å². The molecule has 0 amide bonds. The van der Waals surface area contributed by atoms with Crippen LogP contribution in [-0.4, -0.2) is 0 Å². The fourth-order valence-corrected chi connectivity index (χ4v) is 2.74. The molecular formula is C16H22. The van der Waals surface area contributed by atoms with Crippen molar-refractivity contribution < 1.29 is 0 Å². The molecule has 0 aliphatic heterocycles. The summed E-state index contributed by atoms with van der Waals surface area (Å²) in [4.78, 5) is 0. The summed E-state index contributed by atoms with van der Waals surface area (Å²) in [5, 5.41) is 0. The van der Waals surface area contributed by atoms with Crippen molar-refractivity contribution in [2.45, 2.75) is 32.6 Å². The van der Waals surface area contributed by atoms with Gasteiger partial charge in [-0.3, -0.25) is 0 Å². The minimum Gasteiger partial charge on any atom is -0.0773 e. The summed E-state index contributed by atoms with van der Waals surface area (Å²) in [6, 6.07) is 0. The van der Waals surface area contributed by atoms with Gasteiger partial charge in [-0.2, -0.15) is 0 Å². The zero-order valence-electron chi connectivity index (χ0n) is 10.2. The van der Waals surface area contributed by atoms with Crippen molar-refractivity contribution in [3.63, 3.8) is 0 Å². The molecule has 0 saturated carbocycles. The quantitative estimate of drug-likeness (QED) is 0.564. The molecule has 86 valence electrons. The van der Waals surface area contributed by atoms with Crippen LogP contribution in [0.4, 0.5) is 0 Å².